The molecule has 2 saturated heterocycles. The van der Waals surface area contributed by atoms with Gasteiger partial charge in [-0.05, 0) is 49.6 Å². The van der Waals surface area contributed by atoms with E-state index in [-0.39, 0.29) is 29.7 Å². The number of Topliss-reactive ketones (excluding diaryl/α,β-unsaturated/α-hetero) is 1. The molecule has 59 heavy (non-hydrogen) atoms. The van der Waals surface area contributed by atoms with Crippen LogP contribution in [-0.2, 0) is 52.4 Å². The number of nitrogens with one attached hydrogen (secondary N) is 1. The van der Waals surface area contributed by atoms with Gasteiger partial charge in [-0.3, -0.25) is 19.2 Å². The third kappa shape index (κ3) is 6.56. The lowest BCUT2D eigenvalue weighted by molar-refractivity contribution is -0.346. The SMILES string of the molecule is CC(=O)O[C@H]1C(=O)[C@@]2(C)C(C(OC(=O)c3ccccc3)[C@]3(O)C[C@H](OC(=O)[C@@H]4OC(C)(O)C(=O)N[C@H]4c4ccccc4)C(C)=C1C3(C)C)[C@]1(OC(C)=O)CO[C@@H]1C[C@@H]2O. The summed E-state index contributed by atoms with van der Waals surface area (Å²) in [5, 5.41) is 39.2. The summed E-state index contributed by atoms with van der Waals surface area (Å²) in [7, 11) is 0. The van der Waals surface area contributed by atoms with E-state index in [1.54, 1.807) is 62.4 Å². The lowest BCUT2D eigenvalue weighted by Gasteiger charge is -2.67. The van der Waals surface area contributed by atoms with Crippen LogP contribution in [0.25, 0.3) is 0 Å². The normalized spacial score (nSPS) is 38.5. The summed E-state index contributed by atoms with van der Waals surface area (Å²) in [4.78, 5) is 82.9. The molecule has 2 aromatic carbocycles. The van der Waals surface area contributed by atoms with E-state index in [9.17, 15) is 39.3 Å². The van der Waals surface area contributed by atoms with Crippen molar-refractivity contribution >= 4 is 35.6 Å². The Morgan fingerprint density at radius 1 is 0.864 bits per heavy atom. The molecule has 12 atom stereocenters. The number of hydrogen-bond acceptors (Lipinski definition) is 15. The predicted octanol–water partition coefficient (Wildman–Crippen LogP) is 2.17. The Bertz CT molecular complexity index is 2100. The Morgan fingerprint density at radius 2 is 1.49 bits per heavy atom. The minimum absolute atomic E-state index is 0.00914. The van der Waals surface area contributed by atoms with Crippen LogP contribution in [0.3, 0.4) is 0 Å². The molecule has 0 radical (unpaired) electrons. The van der Waals surface area contributed by atoms with Gasteiger partial charge in [-0.25, -0.2) is 9.59 Å². The quantitative estimate of drug-likeness (QED) is 0.178. The van der Waals surface area contributed by atoms with Crippen molar-refractivity contribution in [3.8, 4) is 0 Å². The van der Waals surface area contributed by atoms with Crippen LogP contribution in [0.2, 0.25) is 0 Å². The number of amides is 1. The molecular formula is C43H49NO15. The molecule has 1 amide bonds. The average molecular weight is 820 g/mol. The second-order valence-electron chi connectivity index (χ2n) is 17.1. The number of carbonyl (C=O) groups excluding carboxylic acids is 6. The van der Waals surface area contributed by atoms with Gasteiger partial charge in [-0.15, -0.1) is 0 Å². The van der Waals surface area contributed by atoms with Crippen LogP contribution in [0.15, 0.2) is 71.8 Å². The van der Waals surface area contributed by atoms with Gasteiger partial charge in [0.05, 0.1) is 35.6 Å². The highest BCUT2D eigenvalue weighted by atomic mass is 16.7. The highest BCUT2D eigenvalue weighted by Gasteiger charge is 2.78. The summed E-state index contributed by atoms with van der Waals surface area (Å²) in [5.41, 5.74) is -7.12. The fourth-order valence-electron chi connectivity index (χ4n) is 10.0. The number of hydrogen-bond donors (Lipinski definition) is 4. The lowest BCUT2D eigenvalue weighted by atomic mass is 9.44. The molecule has 2 aromatic rings. The van der Waals surface area contributed by atoms with Crippen molar-refractivity contribution in [3.63, 3.8) is 0 Å². The molecule has 2 bridgehead atoms. The van der Waals surface area contributed by atoms with Crippen molar-refractivity contribution in [1.82, 2.24) is 5.32 Å². The van der Waals surface area contributed by atoms with Crippen LogP contribution >= 0.6 is 0 Å². The van der Waals surface area contributed by atoms with Crippen molar-refractivity contribution < 1.29 is 72.5 Å². The highest BCUT2D eigenvalue weighted by molar-refractivity contribution is 5.95. The number of morpholine rings is 1. The van der Waals surface area contributed by atoms with Crippen LogP contribution in [-0.4, -0.2) is 111 Å². The highest BCUT2D eigenvalue weighted by Crippen LogP contribution is 2.64. The van der Waals surface area contributed by atoms with Crippen LogP contribution in [0.5, 0.6) is 0 Å². The molecule has 16 nitrogen and oxygen atoms in total. The van der Waals surface area contributed by atoms with E-state index < -0.39 is 118 Å². The number of esters is 4. The van der Waals surface area contributed by atoms with Gasteiger partial charge in [-0.2, -0.15) is 0 Å². The van der Waals surface area contributed by atoms with E-state index in [4.69, 9.17) is 28.4 Å². The molecule has 4 fully saturated rings. The minimum atomic E-state index is -2.45. The molecule has 7 rings (SSSR count). The molecule has 2 aliphatic heterocycles. The molecular weight excluding hydrogens is 770 g/mol. The van der Waals surface area contributed by atoms with Gasteiger partial charge in [0.2, 0.25) is 5.79 Å². The van der Waals surface area contributed by atoms with Gasteiger partial charge in [0.15, 0.2) is 23.6 Å². The first kappa shape index (κ1) is 42.1. The zero-order chi connectivity index (χ0) is 43.0. The monoisotopic (exact) mass is 819 g/mol. The number of aliphatic hydroxyl groups is 3. The molecule has 3 unspecified atom stereocenters. The molecule has 16 heteroatoms. The standard InChI is InChI=1S/C43H49NO15/c1-21-26(56-37(50)32-30(24-14-10-8-11-15-24)44-38(51)41(7,52)59-32)19-43(53)35(57-36(49)25-16-12-9-13-17-25)33-40(6,27(47)18-28-42(33,20-54-28)58-23(3)46)34(48)31(55-22(2)45)29(21)39(43,4)5/h8-17,26-28,30-33,35,47,52-53H,18-20H2,1-7H3,(H,44,51)/t26-,27-,28+,30-,31+,32+,33?,35?,40+,41?,42-,43+/m0/s1. The summed E-state index contributed by atoms with van der Waals surface area (Å²) in [5.74, 6) is -9.44. The number of carbonyl (C=O) groups is 6. The Hall–Kier alpha value is -5.00. The summed E-state index contributed by atoms with van der Waals surface area (Å²) in [6, 6.07) is 15.1. The van der Waals surface area contributed by atoms with Crippen molar-refractivity contribution in [2.24, 2.45) is 16.7 Å². The van der Waals surface area contributed by atoms with Gasteiger partial charge in [0, 0.05) is 32.1 Å². The van der Waals surface area contributed by atoms with Crippen LogP contribution in [0, 0.1) is 16.7 Å². The zero-order valence-electron chi connectivity index (χ0n) is 33.8. The first-order chi connectivity index (χ1) is 27.6. The van der Waals surface area contributed by atoms with Crippen molar-refractivity contribution in [3.05, 3.63) is 82.9 Å². The van der Waals surface area contributed by atoms with Crippen LogP contribution in [0.4, 0.5) is 0 Å². The van der Waals surface area contributed by atoms with E-state index >= 15 is 4.79 Å². The second kappa shape index (κ2) is 14.6. The number of ketones is 1. The van der Waals surface area contributed by atoms with Gasteiger partial charge < -0.3 is 49.1 Å². The fraction of sp³-hybridized carbons (Fsp3) is 0.535. The maximum Gasteiger partial charge on any atom is 0.338 e. The summed E-state index contributed by atoms with van der Waals surface area (Å²) >= 11 is 0. The first-order valence-corrected chi connectivity index (χ1v) is 19.5. The van der Waals surface area contributed by atoms with Crippen LogP contribution < -0.4 is 5.32 Å². The average Bonchev–Trinajstić information content (AvgIpc) is 3.17. The molecule has 3 aliphatic carbocycles. The summed E-state index contributed by atoms with van der Waals surface area (Å²) < 4.78 is 36.0. The molecule has 4 N–H and O–H groups in total. The van der Waals surface area contributed by atoms with Gasteiger partial charge >= 0.3 is 23.9 Å². The minimum Gasteiger partial charge on any atom is -0.456 e. The maximum absolute atomic E-state index is 15.5. The fourth-order valence-corrected chi connectivity index (χ4v) is 10.0. The largest absolute Gasteiger partial charge is 0.456 e. The molecule has 0 aromatic heterocycles. The van der Waals surface area contributed by atoms with Crippen molar-refractivity contribution in [2.75, 3.05) is 6.61 Å². The number of fused-ring (bicyclic) bond motifs is 5. The Kier molecular flexibility index (Phi) is 10.4. The molecule has 5 aliphatic rings. The topological polar surface area (TPSA) is 231 Å². The number of aliphatic hydroxyl groups excluding tert-OH is 1. The Balaban J connectivity index is 1.43. The number of rotatable bonds is 7. The third-order valence-electron chi connectivity index (χ3n) is 13.2. The smallest absolute Gasteiger partial charge is 0.338 e. The van der Waals surface area contributed by atoms with Crippen LogP contribution in [0.1, 0.15) is 83.3 Å². The first-order valence-electron chi connectivity index (χ1n) is 19.5. The van der Waals surface area contributed by atoms with E-state index in [0.29, 0.717) is 5.56 Å². The third-order valence-corrected chi connectivity index (χ3v) is 13.2. The van der Waals surface area contributed by atoms with Crippen molar-refractivity contribution in [2.45, 2.75) is 121 Å². The predicted molar refractivity (Wildman–Crippen MR) is 201 cm³/mol. The van der Waals surface area contributed by atoms with Gasteiger partial charge in [0.1, 0.15) is 23.9 Å². The Morgan fingerprint density at radius 3 is 2.07 bits per heavy atom. The van der Waals surface area contributed by atoms with E-state index in [2.05, 4.69) is 5.32 Å². The molecule has 0 spiro atoms. The summed E-state index contributed by atoms with van der Waals surface area (Å²) in [6.07, 6.45) is -10.0. The molecule has 2 saturated carbocycles. The number of ether oxygens (including phenoxy) is 6. The maximum atomic E-state index is 15.5. The lowest BCUT2D eigenvalue weighted by Crippen LogP contribution is -2.82. The van der Waals surface area contributed by atoms with E-state index in [1.165, 1.54) is 26.0 Å². The van der Waals surface area contributed by atoms with Gasteiger partial charge in [-0.1, -0.05) is 62.4 Å². The number of benzene rings is 2. The van der Waals surface area contributed by atoms with Crippen molar-refractivity contribution in [1.29, 1.82) is 0 Å². The van der Waals surface area contributed by atoms with Gasteiger partial charge in [0.25, 0.3) is 5.91 Å². The zero-order valence-corrected chi connectivity index (χ0v) is 33.8. The van der Waals surface area contributed by atoms with E-state index in [1.807, 2.05) is 0 Å². The Labute approximate surface area is 340 Å². The van der Waals surface area contributed by atoms with E-state index in [0.717, 1.165) is 20.8 Å². The molecule has 316 valence electrons. The summed E-state index contributed by atoms with van der Waals surface area (Å²) in [6.45, 7) is 9.06. The second-order valence-corrected chi connectivity index (χ2v) is 17.1. The molecule has 2 heterocycles.